The summed E-state index contributed by atoms with van der Waals surface area (Å²) >= 11 is 0. The molecule has 0 amide bonds. The van der Waals surface area contributed by atoms with Gasteiger partial charge in [0.15, 0.2) is 0 Å². The molecule has 0 aliphatic heterocycles. The minimum absolute atomic E-state index is 0. The molecular formula is C45H102F6O11Si2. The Balaban J connectivity index is -0.000000177. The normalized spacial score (nSPS) is 11.3. The van der Waals surface area contributed by atoms with E-state index in [1.165, 1.54) is 116 Å². The van der Waals surface area contributed by atoms with Gasteiger partial charge < -0.3 is 52.1 Å². The van der Waals surface area contributed by atoms with E-state index in [-0.39, 0.29) is 24.2 Å². The Morgan fingerprint density at radius 3 is 0.625 bits per heavy atom. The molecule has 11 nitrogen and oxygen atoms in total. The van der Waals surface area contributed by atoms with Gasteiger partial charge in [-0.3, -0.25) is 0 Å². The Kier molecular flexibility index (Phi) is 71.3. The third kappa shape index (κ3) is 59.6. The summed E-state index contributed by atoms with van der Waals surface area (Å²) < 4.78 is 113. The van der Waals surface area contributed by atoms with Gasteiger partial charge in [-0.25, -0.2) is 0 Å². The monoisotopic (exact) mass is 989 g/mol. The fraction of sp³-hybridized carbons (Fsp3) is 1.00. The van der Waals surface area contributed by atoms with Crippen LogP contribution in [0.2, 0.25) is 12.1 Å². The first-order valence-electron chi connectivity index (χ1n) is 23.8. The highest BCUT2D eigenvalue weighted by Gasteiger charge is 2.37. The Morgan fingerprint density at radius 2 is 0.469 bits per heavy atom. The molecule has 19 heteroatoms. The van der Waals surface area contributed by atoms with Crippen LogP contribution in [-0.2, 0) is 36.0 Å². The van der Waals surface area contributed by atoms with Gasteiger partial charge in [-0.1, -0.05) is 169 Å². The number of unbranched alkanes of at least 4 members (excludes halogenated alkanes) is 24. The number of rotatable bonds is 40. The first kappa shape index (κ1) is 77.8. The summed E-state index contributed by atoms with van der Waals surface area (Å²) in [5, 5.41) is 7.00. The fourth-order valence-corrected chi connectivity index (χ4v) is 10.1. The van der Waals surface area contributed by atoms with Crippen LogP contribution in [0.4, 0.5) is 26.3 Å². The van der Waals surface area contributed by atoms with Gasteiger partial charge >= 0.3 is 30.0 Å². The highest BCUT2D eigenvalue weighted by Crippen LogP contribution is 2.21. The number of aliphatic hydroxyl groups is 1. The molecule has 0 aromatic rings. The van der Waals surface area contributed by atoms with E-state index in [9.17, 15) is 26.3 Å². The summed E-state index contributed by atoms with van der Waals surface area (Å²) in [6, 6.07) is 1.76. The van der Waals surface area contributed by atoms with E-state index in [1.54, 1.807) is 42.7 Å². The molecule has 0 aliphatic rings. The van der Waals surface area contributed by atoms with Crippen molar-refractivity contribution < 1.29 is 78.4 Å². The van der Waals surface area contributed by atoms with Crippen molar-refractivity contribution in [2.24, 2.45) is 0 Å². The van der Waals surface area contributed by atoms with E-state index >= 15 is 0 Å². The number of ether oxygens (including phenoxy) is 2. The van der Waals surface area contributed by atoms with Crippen LogP contribution in [0.25, 0.3) is 0 Å². The average Bonchev–Trinajstić information content (AvgIpc) is 3.27. The highest BCUT2D eigenvalue weighted by atomic mass is 28.4. The van der Waals surface area contributed by atoms with Crippen LogP contribution in [0, 0.1) is 0 Å². The third-order valence-corrected chi connectivity index (χ3v) is 15.6. The minimum Gasteiger partial charge on any atom is -0.412 e. The van der Waals surface area contributed by atoms with Crippen molar-refractivity contribution >= 4 is 17.6 Å². The predicted molar refractivity (Wildman–Crippen MR) is 255 cm³/mol. The molecule has 64 heavy (non-hydrogen) atoms. The molecule has 0 radical (unpaired) electrons. The van der Waals surface area contributed by atoms with Gasteiger partial charge in [0.25, 0.3) is 0 Å². The quantitative estimate of drug-likeness (QED) is 0.0358. The first-order valence-corrected chi connectivity index (χ1v) is 27.7. The molecule has 0 heterocycles. The Morgan fingerprint density at radius 1 is 0.312 bits per heavy atom. The maximum Gasteiger partial charge on any atom is 0.500 e. The van der Waals surface area contributed by atoms with Crippen molar-refractivity contribution in [1.82, 2.24) is 0 Å². The van der Waals surface area contributed by atoms with Crippen LogP contribution >= 0.6 is 0 Å². The summed E-state index contributed by atoms with van der Waals surface area (Å²) in [5.74, 6) is 0. The molecule has 0 saturated carbocycles. The molecule has 0 aromatic carbocycles. The first-order chi connectivity index (χ1) is 29.8. The third-order valence-electron chi connectivity index (χ3n) is 9.94. The van der Waals surface area contributed by atoms with E-state index < -0.39 is 43.2 Å². The Labute approximate surface area is 390 Å². The van der Waals surface area contributed by atoms with Crippen molar-refractivity contribution in [3.63, 3.8) is 0 Å². The average molecular weight is 989 g/mol. The number of hydrogen-bond acceptors (Lipinski definition) is 9. The van der Waals surface area contributed by atoms with E-state index in [1.807, 2.05) is 27.7 Å². The Hall–Kier alpha value is -0.426. The summed E-state index contributed by atoms with van der Waals surface area (Å²) in [6.07, 6.45) is 21.8. The van der Waals surface area contributed by atoms with Gasteiger partial charge in [-0.2, -0.15) is 26.3 Å². The van der Waals surface area contributed by atoms with E-state index in [0.29, 0.717) is 0 Å². The topological polar surface area (TPSA) is 157 Å². The number of halogens is 6. The largest absolute Gasteiger partial charge is 0.500 e. The minimum atomic E-state index is -4.20. The molecule has 0 atom stereocenters. The Bertz CT molecular complexity index is 738. The second kappa shape index (κ2) is 58.7. The van der Waals surface area contributed by atoms with Crippen LogP contribution in [0.5, 0.6) is 0 Å². The zero-order chi connectivity index (χ0) is 48.3. The summed E-state index contributed by atoms with van der Waals surface area (Å²) in [5.41, 5.74) is 0. The maximum atomic E-state index is 11.9. The molecule has 0 fully saturated rings. The predicted octanol–water partition coefficient (Wildman–Crippen LogP) is 13.0. The summed E-state index contributed by atoms with van der Waals surface area (Å²) in [7, 11) is 6.19. The summed E-state index contributed by atoms with van der Waals surface area (Å²) in [6.45, 7) is 6.18. The van der Waals surface area contributed by atoms with Gasteiger partial charge in [-0.05, 0) is 25.7 Å². The van der Waals surface area contributed by atoms with Crippen LogP contribution in [0.15, 0.2) is 0 Å². The lowest BCUT2D eigenvalue weighted by Crippen LogP contribution is -2.42. The van der Waals surface area contributed by atoms with Crippen LogP contribution < -0.4 is 0 Å². The number of hydrogen-bond donors (Lipinski definition) is 1. The molecule has 0 rings (SSSR count). The molecular weight excluding hydrogens is 887 g/mol. The second-order valence-electron chi connectivity index (χ2n) is 14.6. The maximum absolute atomic E-state index is 11.9. The SMILES string of the molecule is CC.CC.CO.CO[Si](CCCCCCCCCCCCCCCOCC(F)(F)F)(OC)OC.CO[Si](CCCCCCCCCCCCCCCOCC(F)(F)F)(OC)OC.O.O. The van der Waals surface area contributed by atoms with Crippen LogP contribution in [0.1, 0.15) is 195 Å². The number of alkyl halides is 6. The van der Waals surface area contributed by atoms with Gasteiger partial charge in [0.05, 0.1) is 0 Å². The zero-order valence-electron chi connectivity index (χ0n) is 42.6. The fourth-order valence-electron chi connectivity index (χ4n) is 6.47. The lowest BCUT2D eigenvalue weighted by Gasteiger charge is -2.24. The smallest absolute Gasteiger partial charge is 0.412 e. The molecule has 0 saturated heterocycles. The van der Waals surface area contributed by atoms with Gasteiger partial charge in [-0.15, -0.1) is 0 Å². The molecule has 5 N–H and O–H groups in total. The van der Waals surface area contributed by atoms with E-state index in [4.69, 9.17) is 31.7 Å². The van der Waals surface area contributed by atoms with Crippen molar-refractivity contribution in [2.45, 2.75) is 219 Å². The van der Waals surface area contributed by atoms with E-state index in [0.717, 1.165) is 70.6 Å². The standard InChI is InChI=1S/2C20H41F3O4Si.2C2H6.CH4O.2H2O/c2*1-24-28(25-2,26-3)18-16-14-12-10-8-6-4-5-7-9-11-13-15-17-27-19-20(21,22)23;3*1-2;;/h2*4-19H2,1-3H3;2*1-2H3;2H,1H3;2*1H2. The van der Waals surface area contributed by atoms with Crippen molar-refractivity contribution in [1.29, 1.82) is 0 Å². The van der Waals surface area contributed by atoms with Gasteiger partial charge in [0.2, 0.25) is 0 Å². The lowest BCUT2D eigenvalue weighted by atomic mass is 10.0. The van der Waals surface area contributed by atoms with Gasteiger partial charge in [0.1, 0.15) is 13.2 Å². The van der Waals surface area contributed by atoms with E-state index in [2.05, 4.69) is 9.47 Å². The van der Waals surface area contributed by atoms with Crippen molar-refractivity contribution in [3.05, 3.63) is 0 Å². The molecule has 0 aliphatic carbocycles. The molecule has 0 unspecified atom stereocenters. The molecule has 0 aromatic heterocycles. The van der Waals surface area contributed by atoms with Crippen molar-refractivity contribution in [3.8, 4) is 0 Å². The molecule has 0 spiro atoms. The van der Waals surface area contributed by atoms with Crippen molar-refractivity contribution in [2.75, 3.05) is 76.2 Å². The molecule has 398 valence electrons. The van der Waals surface area contributed by atoms with Crippen LogP contribution in [0.3, 0.4) is 0 Å². The highest BCUT2D eigenvalue weighted by molar-refractivity contribution is 6.60. The molecule has 0 bridgehead atoms. The number of aliphatic hydroxyl groups excluding tert-OH is 1. The van der Waals surface area contributed by atoms with Gasteiger partial charge in [0, 0.05) is 75.1 Å². The zero-order valence-corrected chi connectivity index (χ0v) is 44.6. The lowest BCUT2D eigenvalue weighted by molar-refractivity contribution is -0.174. The second-order valence-corrected chi connectivity index (χ2v) is 20.8. The van der Waals surface area contributed by atoms with Crippen LogP contribution in [-0.4, -0.2) is 122 Å². The summed E-state index contributed by atoms with van der Waals surface area (Å²) in [4.78, 5) is 0.